The van der Waals surface area contributed by atoms with Crippen molar-refractivity contribution in [2.45, 2.75) is 0 Å². The lowest BCUT2D eigenvalue weighted by Crippen LogP contribution is -2.74. The molecule has 0 saturated carbocycles. The normalized spacial score (nSPS) is 11.3. The van der Waals surface area contributed by atoms with Crippen LogP contribution in [-0.2, 0) is 0 Å². The maximum absolute atomic E-state index is 10.1. The van der Waals surface area contributed by atoms with Crippen molar-refractivity contribution in [2.75, 3.05) is 0 Å². The number of benzene rings is 9. The maximum atomic E-state index is 10.1. The summed E-state index contributed by atoms with van der Waals surface area (Å²) in [5.41, 5.74) is 8.13. The number of nitrogens with zero attached hydrogens (tertiary/aromatic N) is 6. The maximum Gasteiger partial charge on any atom is 0.179 e. The van der Waals surface area contributed by atoms with Crippen molar-refractivity contribution in [1.29, 1.82) is 10.5 Å². The van der Waals surface area contributed by atoms with Gasteiger partial charge in [-0.05, 0) is 68.3 Å². The molecule has 0 aliphatic heterocycles. The molecule has 0 saturated heterocycles. The molecule has 2 aromatic heterocycles. The van der Waals surface area contributed by atoms with E-state index in [1.807, 2.05) is 97.1 Å². The van der Waals surface area contributed by atoms with Crippen molar-refractivity contribution in [2.24, 2.45) is 0 Å². The largest absolute Gasteiger partial charge is 0.309 e. The van der Waals surface area contributed by atoms with Crippen LogP contribution in [0.5, 0.6) is 0 Å². The quantitative estimate of drug-likeness (QED) is 0.106. The van der Waals surface area contributed by atoms with Gasteiger partial charge in [0.15, 0.2) is 25.5 Å². The number of nitriles is 2. The summed E-state index contributed by atoms with van der Waals surface area (Å²) in [4.78, 5) is 15.6. The van der Waals surface area contributed by atoms with E-state index >= 15 is 0 Å². The molecule has 6 nitrogen and oxygen atoms in total. The highest BCUT2D eigenvalue weighted by molar-refractivity contribution is 7.19. The van der Waals surface area contributed by atoms with Gasteiger partial charge >= 0.3 is 0 Å². The summed E-state index contributed by atoms with van der Waals surface area (Å²) in [6, 6.07) is 84.5. The van der Waals surface area contributed by atoms with Crippen LogP contribution in [0.15, 0.2) is 231 Å². The minimum absolute atomic E-state index is 0.513. The number of aromatic nitrogens is 4. The van der Waals surface area contributed by atoms with E-state index < -0.39 is 8.07 Å². The van der Waals surface area contributed by atoms with Gasteiger partial charge in [-0.3, -0.25) is 0 Å². The molecule has 0 radical (unpaired) electrons. The second-order valence-corrected chi connectivity index (χ2v) is 20.0. The molecule has 7 heteroatoms. The topological polar surface area (TPSA) is 91.2 Å². The Kier molecular flexibility index (Phi) is 10.2. The second kappa shape index (κ2) is 16.9. The van der Waals surface area contributed by atoms with Crippen LogP contribution < -0.4 is 20.7 Å². The summed E-state index contributed by atoms with van der Waals surface area (Å²) in [5.74, 6) is 1.63. The van der Waals surface area contributed by atoms with Crippen LogP contribution in [0.25, 0.3) is 72.8 Å². The Balaban J connectivity index is 1.22. The zero-order chi connectivity index (χ0) is 44.5. The monoisotopic (exact) mass is 858 g/mol. The lowest BCUT2D eigenvalue weighted by molar-refractivity contribution is 1.07. The Bertz CT molecular complexity index is 3430. The molecule has 308 valence electrons. The first-order chi connectivity index (χ1) is 32.6. The smallest absolute Gasteiger partial charge is 0.179 e. The van der Waals surface area contributed by atoms with E-state index in [-0.39, 0.29) is 0 Å². The summed E-state index contributed by atoms with van der Waals surface area (Å²) in [6.07, 6.45) is 0. The van der Waals surface area contributed by atoms with Crippen LogP contribution >= 0.6 is 0 Å². The first kappa shape index (κ1) is 39.8. The molecule has 0 atom stereocenters. The Morgan fingerprint density at radius 3 is 1.24 bits per heavy atom. The molecule has 0 spiro atoms. The third-order valence-corrected chi connectivity index (χ3v) is 17.2. The van der Waals surface area contributed by atoms with Crippen molar-refractivity contribution in [3.63, 3.8) is 0 Å². The first-order valence-electron chi connectivity index (χ1n) is 21.8. The van der Waals surface area contributed by atoms with E-state index in [9.17, 15) is 10.5 Å². The number of hydrogen-bond donors (Lipinski definition) is 0. The highest BCUT2D eigenvalue weighted by atomic mass is 28.3. The fraction of sp³-hybridized carbons (Fsp3) is 0. The highest BCUT2D eigenvalue weighted by Gasteiger charge is 2.41. The van der Waals surface area contributed by atoms with Crippen LogP contribution in [0, 0.1) is 22.7 Å². The van der Waals surface area contributed by atoms with Gasteiger partial charge in [0, 0.05) is 33.2 Å². The molecular formula is C59H38N6Si. The van der Waals surface area contributed by atoms with E-state index in [1.54, 1.807) is 0 Å². The Morgan fingerprint density at radius 1 is 0.348 bits per heavy atom. The van der Waals surface area contributed by atoms with Crippen LogP contribution in [0.4, 0.5) is 0 Å². The molecule has 9 aromatic carbocycles. The molecule has 0 amide bonds. The average molecular weight is 859 g/mol. The van der Waals surface area contributed by atoms with Crippen molar-refractivity contribution in [3.05, 3.63) is 242 Å². The summed E-state index contributed by atoms with van der Waals surface area (Å²) in [6.45, 7) is 0. The summed E-state index contributed by atoms with van der Waals surface area (Å²) < 4.78 is 2.14. The highest BCUT2D eigenvalue weighted by Crippen LogP contribution is 2.38. The van der Waals surface area contributed by atoms with Crippen molar-refractivity contribution in [1.82, 2.24) is 19.5 Å². The van der Waals surface area contributed by atoms with Crippen LogP contribution in [0.3, 0.4) is 0 Å². The molecule has 0 aliphatic rings. The molecular weight excluding hydrogens is 821 g/mol. The zero-order valence-electron chi connectivity index (χ0n) is 35.6. The Labute approximate surface area is 383 Å². The van der Waals surface area contributed by atoms with Crippen molar-refractivity contribution < 1.29 is 0 Å². The van der Waals surface area contributed by atoms with Crippen LogP contribution in [0.1, 0.15) is 11.1 Å². The molecule has 0 bridgehead atoms. The van der Waals surface area contributed by atoms with Gasteiger partial charge in [0.25, 0.3) is 0 Å². The molecule has 11 rings (SSSR count). The van der Waals surface area contributed by atoms with Crippen LogP contribution in [0.2, 0.25) is 0 Å². The predicted molar refractivity (Wildman–Crippen MR) is 269 cm³/mol. The molecule has 0 fully saturated rings. The van der Waals surface area contributed by atoms with E-state index in [4.69, 9.17) is 15.0 Å². The third-order valence-electron chi connectivity index (χ3n) is 12.5. The first-order valence-corrected chi connectivity index (χ1v) is 23.8. The Morgan fingerprint density at radius 2 is 0.773 bits per heavy atom. The number of hydrogen-bond acceptors (Lipinski definition) is 5. The third kappa shape index (κ3) is 6.94. The Hall–Kier alpha value is -9.01. The second-order valence-electron chi connectivity index (χ2n) is 16.2. The van der Waals surface area contributed by atoms with Gasteiger partial charge in [-0.25, -0.2) is 15.0 Å². The zero-order valence-corrected chi connectivity index (χ0v) is 36.6. The van der Waals surface area contributed by atoms with Gasteiger partial charge in [-0.15, -0.1) is 0 Å². The van der Waals surface area contributed by atoms with Gasteiger partial charge in [0.05, 0.1) is 34.3 Å². The fourth-order valence-electron chi connectivity index (χ4n) is 9.46. The lowest BCUT2D eigenvalue weighted by Gasteiger charge is -2.34. The summed E-state index contributed by atoms with van der Waals surface area (Å²) in [5, 5.41) is 27.2. The van der Waals surface area contributed by atoms with Crippen molar-refractivity contribution in [3.8, 4) is 63.1 Å². The standard InChI is InChI=1S/C59H38N6Si/c60-39-41-29-32-52-53-33-30-42(40-61)36-56(53)65(55(52)35-41)46-31-34-51(54(38-46)59-63-57(43-17-6-1-7-18-43)62-58(64-59)44-19-8-2-9-20-44)45-21-16-28-50(37-45)66(47-22-10-3-11-23-47,48-24-12-4-13-25-48)49-26-14-5-15-27-49/h1-38H. The average Bonchev–Trinajstić information content (AvgIpc) is 3.73. The molecule has 66 heavy (non-hydrogen) atoms. The van der Waals surface area contributed by atoms with E-state index in [0.717, 1.165) is 55.3 Å². The van der Waals surface area contributed by atoms with Crippen molar-refractivity contribution >= 4 is 50.6 Å². The van der Waals surface area contributed by atoms with Crippen LogP contribution in [-0.4, -0.2) is 27.6 Å². The SMILES string of the molecule is N#Cc1ccc2c3ccc(C#N)cc3n(-c3ccc(-c4cccc([Si](c5ccccc5)(c5ccccc5)c5ccccc5)c4)c(-c4nc(-c5ccccc5)nc(-c5ccccc5)n4)c3)c2c1. The summed E-state index contributed by atoms with van der Waals surface area (Å²) >= 11 is 0. The molecule has 0 N–H and O–H groups in total. The van der Waals surface area contributed by atoms with Gasteiger partial charge in [0.2, 0.25) is 0 Å². The van der Waals surface area contributed by atoms with Gasteiger partial charge in [-0.2, -0.15) is 10.5 Å². The van der Waals surface area contributed by atoms with E-state index in [0.29, 0.717) is 28.6 Å². The van der Waals surface area contributed by atoms with Gasteiger partial charge < -0.3 is 4.57 Å². The fourth-order valence-corrected chi connectivity index (χ4v) is 14.3. The minimum Gasteiger partial charge on any atom is -0.309 e. The molecule has 2 heterocycles. The van der Waals surface area contributed by atoms with Gasteiger partial charge in [-0.1, -0.05) is 194 Å². The van der Waals surface area contributed by atoms with E-state index in [2.05, 4.69) is 150 Å². The van der Waals surface area contributed by atoms with E-state index in [1.165, 1.54) is 20.7 Å². The number of fused-ring (bicyclic) bond motifs is 3. The predicted octanol–water partition coefficient (Wildman–Crippen LogP) is 10.8. The lowest BCUT2D eigenvalue weighted by atomic mass is 9.98. The molecule has 11 aromatic rings. The molecule has 0 aliphatic carbocycles. The number of rotatable bonds is 9. The minimum atomic E-state index is -2.90. The van der Waals surface area contributed by atoms with Gasteiger partial charge in [0.1, 0.15) is 0 Å². The molecule has 0 unspecified atom stereocenters. The summed E-state index contributed by atoms with van der Waals surface area (Å²) in [7, 11) is -2.90.